The molecule has 0 fully saturated rings. The second-order valence-electron chi connectivity index (χ2n) is 3.71. The molecule has 2 aromatic carbocycles. The highest BCUT2D eigenvalue weighted by Gasteiger charge is 2.11. The molecule has 0 aliphatic heterocycles. The van der Waals surface area contributed by atoms with Gasteiger partial charge in [0.1, 0.15) is 5.02 Å². The van der Waals surface area contributed by atoms with Crippen molar-refractivity contribution in [1.29, 1.82) is 0 Å². The molecule has 18 heavy (non-hydrogen) atoms. The lowest BCUT2D eigenvalue weighted by atomic mass is 10.1. The molecule has 0 aliphatic rings. The van der Waals surface area contributed by atoms with Crippen molar-refractivity contribution < 1.29 is 4.92 Å². The lowest BCUT2D eigenvalue weighted by Crippen LogP contribution is -1.89. The lowest BCUT2D eigenvalue weighted by Gasteiger charge is -1.97. The number of hydrogen-bond donors (Lipinski definition) is 0. The maximum Gasteiger partial charge on any atom is 0.288 e. The Bertz CT molecular complexity index is 594. The van der Waals surface area contributed by atoms with Gasteiger partial charge in [0.15, 0.2) is 0 Å². The normalized spacial score (nSPS) is 10.7. The van der Waals surface area contributed by atoms with Gasteiger partial charge in [-0.1, -0.05) is 60.2 Å². The Kier molecular flexibility index (Phi) is 3.75. The number of benzene rings is 2. The van der Waals surface area contributed by atoms with Crippen molar-refractivity contribution in [3.05, 3.63) is 74.8 Å². The minimum Gasteiger partial charge on any atom is -0.258 e. The van der Waals surface area contributed by atoms with E-state index in [2.05, 4.69) is 0 Å². The monoisotopic (exact) mass is 259 g/mol. The van der Waals surface area contributed by atoms with Crippen LogP contribution in [0.15, 0.2) is 48.5 Å². The third kappa shape index (κ3) is 2.96. The Balaban J connectivity index is 2.28. The molecule has 0 aliphatic carbocycles. The average molecular weight is 260 g/mol. The van der Waals surface area contributed by atoms with Gasteiger partial charge in [0.2, 0.25) is 0 Å². The molecule has 0 amide bonds. The summed E-state index contributed by atoms with van der Waals surface area (Å²) in [6.45, 7) is 0. The van der Waals surface area contributed by atoms with Gasteiger partial charge in [-0.05, 0) is 17.2 Å². The van der Waals surface area contributed by atoms with E-state index in [9.17, 15) is 10.1 Å². The van der Waals surface area contributed by atoms with E-state index >= 15 is 0 Å². The maximum atomic E-state index is 10.7. The van der Waals surface area contributed by atoms with E-state index in [4.69, 9.17) is 11.6 Å². The first-order valence-electron chi connectivity index (χ1n) is 5.34. The molecule has 0 heterocycles. The zero-order valence-electron chi connectivity index (χ0n) is 9.42. The molecule has 0 bridgehead atoms. The Morgan fingerprint density at radius 1 is 1.00 bits per heavy atom. The van der Waals surface area contributed by atoms with Crippen LogP contribution in [0.25, 0.3) is 12.2 Å². The van der Waals surface area contributed by atoms with E-state index in [0.717, 1.165) is 11.1 Å². The maximum absolute atomic E-state index is 10.7. The van der Waals surface area contributed by atoms with Gasteiger partial charge in [-0.3, -0.25) is 10.1 Å². The van der Waals surface area contributed by atoms with Crippen molar-refractivity contribution in [3.63, 3.8) is 0 Å². The predicted molar refractivity (Wildman–Crippen MR) is 73.5 cm³/mol. The molecular weight excluding hydrogens is 250 g/mol. The van der Waals surface area contributed by atoms with Crippen molar-refractivity contribution in [2.75, 3.05) is 0 Å². The molecule has 0 saturated heterocycles. The van der Waals surface area contributed by atoms with Gasteiger partial charge < -0.3 is 0 Å². The predicted octanol–water partition coefficient (Wildman–Crippen LogP) is 4.42. The molecule has 0 radical (unpaired) electrons. The fourth-order valence-electron chi connectivity index (χ4n) is 1.53. The van der Waals surface area contributed by atoms with Crippen molar-refractivity contribution >= 4 is 29.4 Å². The summed E-state index contributed by atoms with van der Waals surface area (Å²) in [4.78, 5) is 10.3. The van der Waals surface area contributed by atoms with Crippen LogP contribution in [0.4, 0.5) is 5.69 Å². The van der Waals surface area contributed by atoms with Crippen molar-refractivity contribution in [2.45, 2.75) is 0 Å². The van der Waals surface area contributed by atoms with Crippen molar-refractivity contribution in [3.8, 4) is 0 Å². The first kappa shape index (κ1) is 12.3. The zero-order chi connectivity index (χ0) is 13.0. The fourth-order valence-corrected chi connectivity index (χ4v) is 1.72. The van der Waals surface area contributed by atoms with Gasteiger partial charge in [0, 0.05) is 6.07 Å². The van der Waals surface area contributed by atoms with E-state index in [1.165, 1.54) is 12.1 Å². The van der Waals surface area contributed by atoms with E-state index in [-0.39, 0.29) is 10.7 Å². The van der Waals surface area contributed by atoms with Crippen LogP contribution in [-0.4, -0.2) is 4.92 Å². The van der Waals surface area contributed by atoms with E-state index in [1.54, 1.807) is 6.07 Å². The van der Waals surface area contributed by atoms with Gasteiger partial charge in [0.25, 0.3) is 5.69 Å². The van der Waals surface area contributed by atoms with Crippen LogP contribution in [0.2, 0.25) is 5.02 Å². The summed E-state index contributed by atoms with van der Waals surface area (Å²) >= 11 is 5.74. The highest BCUT2D eigenvalue weighted by atomic mass is 35.5. The van der Waals surface area contributed by atoms with Crippen molar-refractivity contribution in [2.24, 2.45) is 0 Å². The second-order valence-corrected chi connectivity index (χ2v) is 4.12. The van der Waals surface area contributed by atoms with Crippen molar-refractivity contribution in [1.82, 2.24) is 0 Å². The molecule has 0 aromatic heterocycles. The molecule has 2 aromatic rings. The van der Waals surface area contributed by atoms with E-state index < -0.39 is 4.92 Å². The third-order valence-corrected chi connectivity index (χ3v) is 2.75. The summed E-state index contributed by atoms with van der Waals surface area (Å²) in [6.07, 6.45) is 3.71. The summed E-state index contributed by atoms with van der Waals surface area (Å²) in [6, 6.07) is 14.5. The molecule has 0 saturated carbocycles. The van der Waals surface area contributed by atoms with Crippen LogP contribution in [0.1, 0.15) is 11.1 Å². The molecule has 0 unspecified atom stereocenters. The van der Waals surface area contributed by atoms with Gasteiger partial charge in [-0.25, -0.2) is 0 Å². The molecule has 2 rings (SSSR count). The summed E-state index contributed by atoms with van der Waals surface area (Å²) in [5, 5.41) is 10.9. The third-order valence-electron chi connectivity index (χ3n) is 2.43. The molecule has 4 heteroatoms. The Hall–Kier alpha value is -2.13. The Morgan fingerprint density at radius 2 is 1.67 bits per heavy atom. The largest absolute Gasteiger partial charge is 0.288 e. The van der Waals surface area contributed by atoms with Crippen LogP contribution >= 0.6 is 11.6 Å². The minimum absolute atomic E-state index is 0.0770. The second kappa shape index (κ2) is 5.47. The highest BCUT2D eigenvalue weighted by Crippen LogP contribution is 2.25. The average Bonchev–Trinajstić information content (AvgIpc) is 2.38. The Labute approximate surface area is 109 Å². The lowest BCUT2D eigenvalue weighted by molar-refractivity contribution is -0.384. The summed E-state index contributed by atoms with van der Waals surface area (Å²) in [5.41, 5.74) is 1.71. The summed E-state index contributed by atoms with van der Waals surface area (Å²) in [7, 11) is 0. The number of hydrogen-bond acceptors (Lipinski definition) is 2. The molecule has 0 spiro atoms. The minimum atomic E-state index is -0.484. The fraction of sp³-hybridized carbons (Fsp3) is 0. The van der Waals surface area contributed by atoms with Gasteiger partial charge in [-0.2, -0.15) is 0 Å². The SMILES string of the molecule is O=[N+]([O-])c1cc(/C=C/c2ccccc2)ccc1Cl. The number of nitro groups is 1. The topological polar surface area (TPSA) is 43.1 Å². The van der Waals surface area contributed by atoms with Gasteiger partial charge in [0.05, 0.1) is 4.92 Å². The highest BCUT2D eigenvalue weighted by molar-refractivity contribution is 6.32. The van der Waals surface area contributed by atoms with Crippen LogP contribution in [0, 0.1) is 10.1 Å². The molecule has 90 valence electrons. The van der Waals surface area contributed by atoms with E-state index in [0.29, 0.717) is 0 Å². The summed E-state index contributed by atoms with van der Waals surface area (Å²) in [5.74, 6) is 0. The van der Waals surface area contributed by atoms with Gasteiger partial charge >= 0.3 is 0 Å². The standard InChI is InChI=1S/C14H10ClNO2/c15-13-9-8-12(10-14(13)16(17)18)7-6-11-4-2-1-3-5-11/h1-10H/b7-6+. The quantitative estimate of drug-likeness (QED) is 0.465. The number of halogens is 1. The number of nitro benzene ring substituents is 1. The number of nitrogens with zero attached hydrogens (tertiary/aromatic N) is 1. The zero-order valence-corrected chi connectivity index (χ0v) is 10.2. The molecule has 3 nitrogen and oxygen atoms in total. The van der Waals surface area contributed by atoms with E-state index in [1.807, 2.05) is 42.5 Å². The number of rotatable bonds is 3. The smallest absolute Gasteiger partial charge is 0.258 e. The van der Waals surface area contributed by atoms with Crippen LogP contribution in [0.3, 0.4) is 0 Å². The first-order chi connectivity index (χ1) is 8.66. The Morgan fingerprint density at radius 3 is 2.33 bits per heavy atom. The molecule has 0 atom stereocenters. The van der Waals surface area contributed by atoms with Crippen LogP contribution in [0.5, 0.6) is 0 Å². The summed E-state index contributed by atoms with van der Waals surface area (Å²) < 4.78 is 0. The van der Waals surface area contributed by atoms with Gasteiger partial charge in [-0.15, -0.1) is 0 Å². The first-order valence-corrected chi connectivity index (χ1v) is 5.72. The molecule has 0 N–H and O–H groups in total. The molecular formula is C14H10ClNO2. The van der Waals surface area contributed by atoms with Crippen LogP contribution in [-0.2, 0) is 0 Å². The van der Waals surface area contributed by atoms with Crippen LogP contribution < -0.4 is 0 Å².